The van der Waals surface area contributed by atoms with Crippen molar-refractivity contribution in [3.05, 3.63) is 103 Å². The van der Waals surface area contributed by atoms with Crippen molar-refractivity contribution >= 4 is 21.5 Å². The average Bonchev–Trinajstić information content (AvgIpc) is 2.79. The summed E-state index contributed by atoms with van der Waals surface area (Å²) >= 11 is 0. The first-order chi connectivity index (χ1) is 15.0. The zero-order valence-corrected chi connectivity index (χ0v) is 18.1. The minimum Gasteiger partial charge on any atom is -0.456 e. The van der Waals surface area contributed by atoms with Crippen LogP contribution in [0.1, 0.15) is 26.3 Å². The Kier molecular flexibility index (Phi) is 4.71. The number of hydrogen-bond donors (Lipinski definition) is 0. The van der Waals surface area contributed by atoms with E-state index in [1.165, 1.54) is 16.7 Å². The fourth-order valence-electron chi connectivity index (χ4n) is 4.15. The number of para-hydroxylation sites is 1. The van der Waals surface area contributed by atoms with Crippen LogP contribution < -0.4 is 4.74 Å². The lowest BCUT2D eigenvalue weighted by Gasteiger charge is -2.20. The Labute approximate surface area is 183 Å². The van der Waals surface area contributed by atoms with Crippen LogP contribution in [0.5, 0.6) is 11.5 Å². The van der Waals surface area contributed by atoms with Crippen molar-refractivity contribution in [2.75, 3.05) is 0 Å². The molecule has 0 fully saturated rings. The molecular formula is C29H25NO. The number of aromatic nitrogens is 1. The first kappa shape index (κ1) is 19.3. The molecule has 0 saturated carbocycles. The van der Waals surface area contributed by atoms with Crippen LogP contribution in [0.2, 0.25) is 0 Å². The fraction of sp³-hybridized carbons (Fsp3) is 0.138. The van der Waals surface area contributed by atoms with Gasteiger partial charge in [-0.3, -0.25) is 4.98 Å². The molecule has 0 amide bonds. The maximum Gasteiger partial charge on any atom is 0.143 e. The van der Waals surface area contributed by atoms with Gasteiger partial charge in [0.2, 0.25) is 0 Å². The van der Waals surface area contributed by atoms with Crippen molar-refractivity contribution < 1.29 is 4.74 Å². The Hall–Kier alpha value is -3.65. The summed E-state index contributed by atoms with van der Waals surface area (Å²) in [5.74, 6) is 1.70. The molecular weight excluding hydrogens is 378 g/mol. The second-order valence-corrected chi connectivity index (χ2v) is 8.91. The quantitative estimate of drug-likeness (QED) is 0.284. The number of nitrogens with zero attached hydrogens (tertiary/aromatic N) is 1. The predicted octanol–water partition coefficient (Wildman–Crippen LogP) is 8.14. The Balaban J connectivity index is 1.79. The first-order valence-corrected chi connectivity index (χ1v) is 10.6. The molecule has 0 unspecified atom stereocenters. The van der Waals surface area contributed by atoms with E-state index in [4.69, 9.17) is 4.74 Å². The van der Waals surface area contributed by atoms with Gasteiger partial charge >= 0.3 is 0 Å². The van der Waals surface area contributed by atoms with Gasteiger partial charge in [-0.1, -0.05) is 87.5 Å². The van der Waals surface area contributed by atoms with Gasteiger partial charge in [-0.2, -0.15) is 0 Å². The SMILES string of the molecule is CC(C)(C)c1ccc(-c2c3ccccc3c(Oc3ccccc3)c3ccncc23)cc1. The number of pyridine rings is 1. The van der Waals surface area contributed by atoms with Crippen molar-refractivity contribution in [3.63, 3.8) is 0 Å². The van der Waals surface area contributed by atoms with E-state index < -0.39 is 0 Å². The molecule has 5 aromatic rings. The van der Waals surface area contributed by atoms with E-state index in [1.54, 1.807) is 0 Å². The molecule has 0 aliphatic rings. The van der Waals surface area contributed by atoms with Gasteiger partial charge in [-0.15, -0.1) is 0 Å². The number of fused-ring (bicyclic) bond motifs is 2. The highest BCUT2D eigenvalue weighted by Crippen LogP contribution is 2.44. The number of hydrogen-bond acceptors (Lipinski definition) is 2. The summed E-state index contributed by atoms with van der Waals surface area (Å²) in [6.45, 7) is 6.73. The van der Waals surface area contributed by atoms with Crippen LogP contribution in [0.15, 0.2) is 97.3 Å². The summed E-state index contributed by atoms with van der Waals surface area (Å²) in [4.78, 5) is 4.46. The van der Waals surface area contributed by atoms with Crippen LogP contribution in [-0.4, -0.2) is 4.98 Å². The summed E-state index contributed by atoms with van der Waals surface area (Å²) in [6.07, 6.45) is 3.79. The zero-order valence-electron chi connectivity index (χ0n) is 18.1. The van der Waals surface area contributed by atoms with Crippen molar-refractivity contribution in [3.8, 4) is 22.6 Å². The molecule has 1 heterocycles. The van der Waals surface area contributed by atoms with Gasteiger partial charge < -0.3 is 4.74 Å². The van der Waals surface area contributed by atoms with Crippen molar-refractivity contribution in [1.29, 1.82) is 0 Å². The predicted molar refractivity (Wildman–Crippen MR) is 130 cm³/mol. The molecule has 2 heteroatoms. The summed E-state index contributed by atoms with van der Waals surface area (Å²) in [6, 6.07) is 29.4. The summed E-state index contributed by atoms with van der Waals surface area (Å²) < 4.78 is 6.43. The van der Waals surface area contributed by atoms with Crippen LogP contribution in [0.3, 0.4) is 0 Å². The Morgan fingerprint density at radius 3 is 2.00 bits per heavy atom. The fourth-order valence-corrected chi connectivity index (χ4v) is 4.15. The average molecular weight is 404 g/mol. The molecule has 0 N–H and O–H groups in total. The molecule has 0 aliphatic carbocycles. The van der Waals surface area contributed by atoms with Crippen LogP contribution in [0.4, 0.5) is 0 Å². The summed E-state index contributed by atoms with van der Waals surface area (Å²) in [5.41, 5.74) is 3.83. The molecule has 5 rings (SSSR count). The van der Waals surface area contributed by atoms with Gasteiger partial charge in [0.25, 0.3) is 0 Å². The van der Waals surface area contributed by atoms with Gasteiger partial charge in [-0.05, 0) is 45.7 Å². The lowest BCUT2D eigenvalue weighted by Crippen LogP contribution is -2.10. The van der Waals surface area contributed by atoms with E-state index in [1.807, 2.05) is 48.8 Å². The van der Waals surface area contributed by atoms with Gasteiger partial charge in [0.1, 0.15) is 11.5 Å². The van der Waals surface area contributed by atoms with Gasteiger partial charge in [0.05, 0.1) is 0 Å². The molecule has 0 aliphatic heterocycles. The number of benzene rings is 4. The van der Waals surface area contributed by atoms with Gasteiger partial charge in [-0.25, -0.2) is 0 Å². The molecule has 0 spiro atoms. The van der Waals surface area contributed by atoms with E-state index in [0.717, 1.165) is 33.0 Å². The maximum absolute atomic E-state index is 6.43. The second kappa shape index (κ2) is 7.55. The van der Waals surface area contributed by atoms with E-state index >= 15 is 0 Å². The monoisotopic (exact) mass is 403 g/mol. The standard InChI is InChI=1S/C29H25NO/c1-29(2,3)21-15-13-20(14-16-21)27-23-11-7-8-12-24(23)28(25-17-18-30-19-26(25)27)31-22-9-5-4-6-10-22/h4-19H,1-3H3. The Bertz CT molecular complexity index is 1310. The molecule has 1 aromatic heterocycles. The molecule has 0 radical (unpaired) electrons. The number of ether oxygens (including phenoxy) is 1. The summed E-state index contributed by atoms with van der Waals surface area (Å²) in [5, 5.41) is 4.42. The molecule has 0 bridgehead atoms. The van der Waals surface area contributed by atoms with Crippen LogP contribution in [-0.2, 0) is 5.41 Å². The zero-order chi connectivity index (χ0) is 21.4. The van der Waals surface area contributed by atoms with E-state index in [0.29, 0.717) is 0 Å². The molecule has 2 nitrogen and oxygen atoms in total. The highest BCUT2D eigenvalue weighted by molar-refractivity contribution is 6.16. The lowest BCUT2D eigenvalue weighted by molar-refractivity contribution is 0.494. The Morgan fingerprint density at radius 1 is 0.645 bits per heavy atom. The second-order valence-electron chi connectivity index (χ2n) is 8.91. The minimum atomic E-state index is 0.123. The normalized spacial score (nSPS) is 11.7. The highest BCUT2D eigenvalue weighted by atomic mass is 16.5. The van der Waals surface area contributed by atoms with Gasteiger partial charge in [0.15, 0.2) is 0 Å². The van der Waals surface area contributed by atoms with Crippen LogP contribution in [0.25, 0.3) is 32.7 Å². The molecule has 0 saturated heterocycles. The Morgan fingerprint density at radius 2 is 1.29 bits per heavy atom. The van der Waals surface area contributed by atoms with E-state index in [2.05, 4.69) is 74.3 Å². The molecule has 4 aromatic carbocycles. The van der Waals surface area contributed by atoms with Crippen molar-refractivity contribution in [2.45, 2.75) is 26.2 Å². The molecule has 0 atom stereocenters. The van der Waals surface area contributed by atoms with E-state index in [9.17, 15) is 0 Å². The van der Waals surface area contributed by atoms with Crippen molar-refractivity contribution in [2.24, 2.45) is 0 Å². The third-order valence-corrected chi connectivity index (χ3v) is 5.78. The summed E-state index contributed by atoms with van der Waals surface area (Å²) in [7, 11) is 0. The third-order valence-electron chi connectivity index (χ3n) is 5.78. The van der Waals surface area contributed by atoms with Gasteiger partial charge in [0, 0.05) is 28.6 Å². The smallest absolute Gasteiger partial charge is 0.143 e. The topological polar surface area (TPSA) is 22.1 Å². The van der Waals surface area contributed by atoms with Crippen LogP contribution >= 0.6 is 0 Å². The van der Waals surface area contributed by atoms with Crippen molar-refractivity contribution in [1.82, 2.24) is 4.98 Å². The first-order valence-electron chi connectivity index (χ1n) is 10.6. The minimum absolute atomic E-state index is 0.123. The third kappa shape index (κ3) is 3.55. The lowest BCUT2D eigenvalue weighted by atomic mass is 9.85. The van der Waals surface area contributed by atoms with E-state index in [-0.39, 0.29) is 5.41 Å². The highest BCUT2D eigenvalue weighted by Gasteiger charge is 2.18. The largest absolute Gasteiger partial charge is 0.456 e. The molecule has 152 valence electrons. The van der Waals surface area contributed by atoms with Crippen LogP contribution in [0, 0.1) is 0 Å². The number of rotatable bonds is 3. The molecule has 31 heavy (non-hydrogen) atoms. The maximum atomic E-state index is 6.43.